The van der Waals surface area contributed by atoms with E-state index in [9.17, 15) is 9.90 Å². The van der Waals surface area contributed by atoms with E-state index < -0.39 is 5.97 Å². The molecular weight excluding hydrogens is 220 g/mol. The number of ether oxygens (including phenoxy) is 2. The van der Waals surface area contributed by atoms with Crippen molar-refractivity contribution in [3.05, 3.63) is 41.0 Å². The first-order valence-electron chi connectivity index (χ1n) is 5.14. The Morgan fingerprint density at radius 1 is 1.35 bits per heavy atom. The van der Waals surface area contributed by atoms with E-state index in [2.05, 4.69) is 6.58 Å². The largest absolute Gasteiger partial charge is 0.478 e. The summed E-state index contributed by atoms with van der Waals surface area (Å²) in [6.45, 7) is 4.21. The zero-order valence-electron chi connectivity index (χ0n) is 10.0. The van der Waals surface area contributed by atoms with Gasteiger partial charge in [0.1, 0.15) is 0 Å². The third-order valence-electron chi connectivity index (χ3n) is 2.46. The van der Waals surface area contributed by atoms with Crippen LogP contribution in [0.25, 0.3) is 6.08 Å². The monoisotopic (exact) mass is 236 g/mol. The van der Waals surface area contributed by atoms with Crippen molar-refractivity contribution >= 4 is 12.0 Å². The molecule has 0 amide bonds. The van der Waals surface area contributed by atoms with E-state index in [1.54, 1.807) is 13.2 Å². The zero-order chi connectivity index (χ0) is 12.8. The summed E-state index contributed by atoms with van der Waals surface area (Å²) in [6.07, 6.45) is 1.53. The highest BCUT2D eigenvalue weighted by molar-refractivity contribution is 5.94. The van der Waals surface area contributed by atoms with Crippen LogP contribution in [-0.2, 0) is 22.7 Å². The molecule has 0 saturated heterocycles. The molecule has 92 valence electrons. The van der Waals surface area contributed by atoms with E-state index in [1.807, 2.05) is 6.07 Å². The number of carbonyl (C=O) groups is 1. The maximum atomic E-state index is 11.3. The van der Waals surface area contributed by atoms with E-state index >= 15 is 0 Å². The predicted molar refractivity (Wildman–Crippen MR) is 64.9 cm³/mol. The van der Waals surface area contributed by atoms with Crippen molar-refractivity contribution in [1.29, 1.82) is 0 Å². The van der Waals surface area contributed by atoms with Crippen LogP contribution in [0.5, 0.6) is 0 Å². The second-order valence-electron chi connectivity index (χ2n) is 3.54. The van der Waals surface area contributed by atoms with Gasteiger partial charge in [-0.2, -0.15) is 0 Å². The number of carboxylic acids is 1. The number of methoxy groups -OCH3 is 2. The molecule has 4 heteroatoms. The molecule has 0 aromatic heterocycles. The molecule has 0 saturated carbocycles. The van der Waals surface area contributed by atoms with Crippen molar-refractivity contribution in [3.63, 3.8) is 0 Å². The van der Waals surface area contributed by atoms with Gasteiger partial charge in [0.15, 0.2) is 0 Å². The average Bonchev–Trinajstić information content (AvgIpc) is 2.31. The lowest BCUT2D eigenvalue weighted by Gasteiger charge is -2.13. The van der Waals surface area contributed by atoms with Gasteiger partial charge in [0.2, 0.25) is 0 Å². The second-order valence-corrected chi connectivity index (χ2v) is 3.54. The highest BCUT2D eigenvalue weighted by Gasteiger charge is 2.17. The van der Waals surface area contributed by atoms with Gasteiger partial charge < -0.3 is 14.6 Å². The summed E-state index contributed by atoms with van der Waals surface area (Å²) in [5.41, 5.74) is 2.28. The average molecular weight is 236 g/mol. The maximum absolute atomic E-state index is 11.3. The maximum Gasteiger partial charge on any atom is 0.336 e. The molecule has 0 aliphatic carbocycles. The van der Waals surface area contributed by atoms with Gasteiger partial charge in [0.05, 0.1) is 18.8 Å². The van der Waals surface area contributed by atoms with Crippen molar-refractivity contribution in [2.75, 3.05) is 14.2 Å². The first kappa shape index (κ1) is 13.4. The van der Waals surface area contributed by atoms with E-state index in [4.69, 9.17) is 9.47 Å². The minimum atomic E-state index is -0.982. The Morgan fingerprint density at radius 3 is 2.47 bits per heavy atom. The van der Waals surface area contributed by atoms with Crippen molar-refractivity contribution in [3.8, 4) is 0 Å². The quantitative estimate of drug-likeness (QED) is 0.823. The molecule has 0 bridgehead atoms. The molecule has 0 radical (unpaired) electrons. The van der Waals surface area contributed by atoms with Crippen LogP contribution in [0.3, 0.4) is 0 Å². The number of aromatic carboxylic acids is 1. The molecule has 0 atom stereocenters. The molecule has 0 aliphatic heterocycles. The van der Waals surface area contributed by atoms with Crippen molar-refractivity contribution in [2.45, 2.75) is 13.2 Å². The number of benzene rings is 1. The Morgan fingerprint density at radius 2 is 2.00 bits per heavy atom. The van der Waals surface area contributed by atoms with Crippen LogP contribution in [0.15, 0.2) is 18.7 Å². The Kier molecular flexibility index (Phi) is 4.87. The third-order valence-corrected chi connectivity index (χ3v) is 2.46. The lowest BCUT2D eigenvalue weighted by atomic mass is 9.96. The molecule has 1 rings (SSSR count). The van der Waals surface area contributed by atoms with Crippen LogP contribution in [0.2, 0.25) is 0 Å². The molecule has 1 N–H and O–H groups in total. The topological polar surface area (TPSA) is 55.8 Å². The summed E-state index contributed by atoms with van der Waals surface area (Å²) in [6, 6.07) is 3.56. The molecule has 1 aromatic rings. The van der Waals surface area contributed by atoms with Gasteiger partial charge in [0, 0.05) is 14.2 Å². The van der Waals surface area contributed by atoms with Crippen LogP contribution in [0.1, 0.15) is 27.0 Å². The van der Waals surface area contributed by atoms with Crippen molar-refractivity contribution < 1.29 is 19.4 Å². The fourth-order valence-electron chi connectivity index (χ4n) is 1.73. The minimum Gasteiger partial charge on any atom is -0.478 e. The lowest BCUT2D eigenvalue weighted by molar-refractivity contribution is 0.0690. The van der Waals surface area contributed by atoms with Crippen LogP contribution >= 0.6 is 0 Å². The second kappa shape index (κ2) is 6.18. The Hall–Kier alpha value is -1.65. The van der Waals surface area contributed by atoms with Gasteiger partial charge in [0.25, 0.3) is 0 Å². The smallest absolute Gasteiger partial charge is 0.336 e. The summed E-state index contributed by atoms with van der Waals surface area (Å²) in [5.74, 6) is -0.982. The van der Waals surface area contributed by atoms with E-state index in [0.29, 0.717) is 17.7 Å². The third kappa shape index (κ3) is 2.93. The Labute approximate surface area is 100 Å². The minimum absolute atomic E-state index is 0.233. The van der Waals surface area contributed by atoms with Crippen LogP contribution < -0.4 is 0 Å². The predicted octanol–water partition coefficient (Wildman–Crippen LogP) is 2.32. The van der Waals surface area contributed by atoms with Gasteiger partial charge in [-0.25, -0.2) is 4.79 Å². The molecule has 0 fully saturated rings. The highest BCUT2D eigenvalue weighted by atomic mass is 16.5. The number of carboxylic acid groups (broad SMARTS) is 1. The van der Waals surface area contributed by atoms with Crippen LogP contribution in [0, 0.1) is 0 Å². The standard InChI is InChI=1S/C13H16O4/c1-4-9-5-6-10(7-16-2)11(8-17-3)12(9)13(14)15/h4-6H,1,7-8H2,2-3H3,(H,14,15). The highest BCUT2D eigenvalue weighted by Crippen LogP contribution is 2.22. The zero-order valence-corrected chi connectivity index (χ0v) is 10.0. The van der Waals surface area contributed by atoms with E-state index in [0.717, 1.165) is 5.56 Å². The number of hydrogen-bond acceptors (Lipinski definition) is 3. The summed E-state index contributed by atoms with van der Waals surface area (Å²) in [4.78, 5) is 11.3. The first-order valence-corrected chi connectivity index (χ1v) is 5.14. The number of rotatable bonds is 6. The molecule has 0 aliphatic rings. The van der Waals surface area contributed by atoms with E-state index in [-0.39, 0.29) is 12.2 Å². The lowest BCUT2D eigenvalue weighted by Crippen LogP contribution is -2.10. The Balaban J connectivity index is 3.41. The van der Waals surface area contributed by atoms with Gasteiger partial charge in [-0.05, 0) is 16.7 Å². The molecular formula is C13H16O4. The molecule has 4 nitrogen and oxygen atoms in total. The normalized spacial score (nSPS) is 10.2. The van der Waals surface area contributed by atoms with Gasteiger partial charge >= 0.3 is 5.97 Å². The van der Waals surface area contributed by atoms with Gasteiger partial charge in [-0.3, -0.25) is 0 Å². The summed E-state index contributed by atoms with van der Waals surface area (Å²) in [5, 5.41) is 9.25. The summed E-state index contributed by atoms with van der Waals surface area (Å²) in [7, 11) is 3.10. The SMILES string of the molecule is C=Cc1ccc(COC)c(COC)c1C(=O)O. The molecule has 0 unspecified atom stereocenters. The molecule has 1 aromatic carbocycles. The number of hydrogen-bond donors (Lipinski definition) is 1. The molecule has 17 heavy (non-hydrogen) atoms. The van der Waals surface area contributed by atoms with Crippen LogP contribution in [0.4, 0.5) is 0 Å². The van der Waals surface area contributed by atoms with Gasteiger partial charge in [-0.1, -0.05) is 24.8 Å². The van der Waals surface area contributed by atoms with Crippen molar-refractivity contribution in [1.82, 2.24) is 0 Å². The fraction of sp³-hybridized carbons (Fsp3) is 0.308. The molecule has 0 spiro atoms. The van der Waals surface area contributed by atoms with Crippen LogP contribution in [-0.4, -0.2) is 25.3 Å². The van der Waals surface area contributed by atoms with Gasteiger partial charge in [-0.15, -0.1) is 0 Å². The summed E-state index contributed by atoms with van der Waals surface area (Å²) < 4.78 is 10.1. The summed E-state index contributed by atoms with van der Waals surface area (Å²) >= 11 is 0. The van der Waals surface area contributed by atoms with Crippen molar-refractivity contribution in [2.24, 2.45) is 0 Å². The molecule has 0 heterocycles. The Bertz CT molecular complexity index is 424. The fourth-order valence-corrected chi connectivity index (χ4v) is 1.73. The first-order chi connectivity index (χ1) is 8.15. The van der Waals surface area contributed by atoms with E-state index in [1.165, 1.54) is 13.2 Å².